The van der Waals surface area contributed by atoms with Gasteiger partial charge < -0.3 is 14.8 Å². The van der Waals surface area contributed by atoms with Crippen molar-refractivity contribution in [2.24, 2.45) is 7.05 Å². The van der Waals surface area contributed by atoms with Crippen LogP contribution in [-0.4, -0.2) is 33.9 Å². The van der Waals surface area contributed by atoms with Crippen LogP contribution in [0.2, 0.25) is 0 Å². The van der Waals surface area contributed by atoms with Gasteiger partial charge in [0.05, 0.1) is 43.4 Å². The lowest BCUT2D eigenvalue weighted by molar-refractivity contribution is -0.00903. The molecule has 7 nitrogen and oxygen atoms in total. The summed E-state index contributed by atoms with van der Waals surface area (Å²) in [5.41, 5.74) is 3.19. The minimum Gasteiger partial charge on any atom is -0.495 e. The van der Waals surface area contributed by atoms with Crippen molar-refractivity contribution in [3.05, 3.63) is 41.0 Å². The van der Waals surface area contributed by atoms with Gasteiger partial charge in [-0.1, -0.05) is 0 Å². The monoisotopic (exact) mass is 330 g/mol. The largest absolute Gasteiger partial charge is 0.495 e. The van der Waals surface area contributed by atoms with E-state index in [2.05, 4.69) is 15.4 Å². The SMILES string of the molecule is COc1ccc(CNC(=O)c2nn(C)c3c2C[C@H](C)O[C@@H]3C)nc1. The van der Waals surface area contributed by atoms with Gasteiger partial charge >= 0.3 is 0 Å². The Bertz CT molecular complexity index is 739. The molecule has 0 radical (unpaired) electrons. The molecule has 0 aromatic carbocycles. The van der Waals surface area contributed by atoms with E-state index in [4.69, 9.17) is 9.47 Å². The lowest BCUT2D eigenvalue weighted by Gasteiger charge is -2.26. The van der Waals surface area contributed by atoms with E-state index < -0.39 is 0 Å². The minimum atomic E-state index is -0.189. The van der Waals surface area contributed by atoms with Crippen molar-refractivity contribution in [2.45, 2.75) is 39.0 Å². The van der Waals surface area contributed by atoms with E-state index in [-0.39, 0.29) is 18.1 Å². The van der Waals surface area contributed by atoms with E-state index in [1.165, 1.54) is 0 Å². The van der Waals surface area contributed by atoms with E-state index in [0.29, 0.717) is 24.4 Å². The minimum absolute atomic E-state index is 0.0638. The van der Waals surface area contributed by atoms with Gasteiger partial charge in [-0.2, -0.15) is 5.10 Å². The van der Waals surface area contributed by atoms with Crippen LogP contribution in [0.25, 0.3) is 0 Å². The number of aromatic nitrogens is 3. The maximum absolute atomic E-state index is 12.6. The summed E-state index contributed by atoms with van der Waals surface area (Å²) in [5, 5.41) is 7.29. The summed E-state index contributed by atoms with van der Waals surface area (Å²) in [6.07, 6.45) is 2.33. The molecule has 1 amide bonds. The molecule has 1 aliphatic rings. The Balaban J connectivity index is 1.74. The highest BCUT2D eigenvalue weighted by Gasteiger charge is 2.31. The standard InChI is InChI=1S/C17H22N4O3/c1-10-7-14-15(20-21(3)16(14)11(2)24-10)17(22)19-8-12-5-6-13(23-4)9-18-12/h5-6,9-11H,7-8H2,1-4H3,(H,19,22)/t10-,11+/m0/s1. The zero-order valence-electron chi connectivity index (χ0n) is 14.4. The highest BCUT2D eigenvalue weighted by molar-refractivity contribution is 5.94. The van der Waals surface area contributed by atoms with Crippen molar-refractivity contribution < 1.29 is 14.3 Å². The average molecular weight is 330 g/mol. The molecule has 7 heteroatoms. The van der Waals surface area contributed by atoms with Crippen molar-refractivity contribution in [1.29, 1.82) is 0 Å². The highest BCUT2D eigenvalue weighted by atomic mass is 16.5. The Morgan fingerprint density at radius 2 is 2.25 bits per heavy atom. The Morgan fingerprint density at radius 1 is 1.46 bits per heavy atom. The number of methoxy groups -OCH3 is 1. The number of rotatable bonds is 4. The number of amides is 1. The van der Waals surface area contributed by atoms with Crippen LogP contribution in [0.15, 0.2) is 18.3 Å². The van der Waals surface area contributed by atoms with Gasteiger partial charge in [0, 0.05) is 19.0 Å². The van der Waals surface area contributed by atoms with Gasteiger partial charge in [-0.15, -0.1) is 0 Å². The molecule has 0 fully saturated rings. The molecule has 2 aromatic rings. The second kappa shape index (κ2) is 6.60. The number of pyridine rings is 1. The molecule has 128 valence electrons. The van der Waals surface area contributed by atoms with Crippen LogP contribution in [0, 0.1) is 0 Å². The normalized spacial score (nSPS) is 19.7. The number of hydrogen-bond donors (Lipinski definition) is 1. The van der Waals surface area contributed by atoms with Crippen molar-refractivity contribution in [1.82, 2.24) is 20.1 Å². The summed E-state index contributed by atoms with van der Waals surface area (Å²) < 4.78 is 12.6. The number of ether oxygens (including phenoxy) is 2. The van der Waals surface area contributed by atoms with Crippen LogP contribution in [0.5, 0.6) is 5.75 Å². The Hall–Kier alpha value is -2.41. The van der Waals surface area contributed by atoms with E-state index in [1.807, 2.05) is 33.0 Å². The second-order valence-electron chi connectivity index (χ2n) is 6.00. The van der Waals surface area contributed by atoms with Crippen molar-refractivity contribution in [3.8, 4) is 5.75 Å². The molecule has 0 bridgehead atoms. The zero-order valence-corrected chi connectivity index (χ0v) is 14.4. The summed E-state index contributed by atoms with van der Waals surface area (Å²) in [4.78, 5) is 16.8. The molecular formula is C17H22N4O3. The molecule has 2 atom stereocenters. The topological polar surface area (TPSA) is 78.3 Å². The first-order chi connectivity index (χ1) is 11.5. The lowest BCUT2D eigenvalue weighted by Crippen LogP contribution is -2.27. The quantitative estimate of drug-likeness (QED) is 0.924. The fraction of sp³-hybridized carbons (Fsp3) is 0.471. The van der Waals surface area contributed by atoms with Crippen molar-refractivity contribution >= 4 is 5.91 Å². The lowest BCUT2D eigenvalue weighted by atomic mass is 9.99. The number of carbonyl (C=O) groups is 1. The maximum atomic E-state index is 12.6. The van der Waals surface area contributed by atoms with Gasteiger partial charge in [0.2, 0.25) is 0 Å². The van der Waals surface area contributed by atoms with Crippen molar-refractivity contribution in [2.75, 3.05) is 7.11 Å². The number of nitrogens with one attached hydrogen (secondary N) is 1. The fourth-order valence-corrected chi connectivity index (χ4v) is 3.11. The molecule has 0 aliphatic carbocycles. The van der Waals surface area contributed by atoms with Gasteiger partial charge in [-0.3, -0.25) is 14.5 Å². The van der Waals surface area contributed by atoms with Gasteiger partial charge in [0.1, 0.15) is 5.75 Å². The van der Waals surface area contributed by atoms with Crippen LogP contribution in [0.4, 0.5) is 0 Å². The van der Waals surface area contributed by atoms with Crippen LogP contribution >= 0.6 is 0 Å². The van der Waals surface area contributed by atoms with Crippen LogP contribution in [-0.2, 0) is 24.8 Å². The molecule has 2 aromatic heterocycles. The Kier molecular flexibility index (Phi) is 4.53. The summed E-state index contributed by atoms with van der Waals surface area (Å²) in [7, 11) is 3.44. The first-order valence-corrected chi connectivity index (χ1v) is 7.98. The summed E-state index contributed by atoms with van der Waals surface area (Å²) in [6, 6.07) is 3.64. The Labute approximate surface area is 141 Å². The highest BCUT2D eigenvalue weighted by Crippen LogP contribution is 2.31. The number of nitrogens with zero attached hydrogens (tertiary/aromatic N) is 3. The molecule has 0 spiro atoms. The zero-order chi connectivity index (χ0) is 17.3. The fourth-order valence-electron chi connectivity index (χ4n) is 3.11. The summed E-state index contributed by atoms with van der Waals surface area (Å²) >= 11 is 0. The molecule has 1 N–H and O–H groups in total. The van der Waals surface area contributed by atoms with Gasteiger partial charge in [-0.25, -0.2) is 0 Å². The third-order valence-electron chi connectivity index (χ3n) is 4.19. The smallest absolute Gasteiger partial charge is 0.272 e. The first-order valence-electron chi connectivity index (χ1n) is 7.98. The summed E-state index contributed by atoms with van der Waals surface area (Å²) in [5.74, 6) is 0.498. The Morgan fingerprint density at radius 3 is 2.92 bits per heavy atom. The van der Waals surface area contributed by atoms with Gasteiger partial charge in [-0.05, 0) is 26.0 Å². The van der Waals surface area contributed by atoms with Gasteiger partial charge in [0.15, 0.2) is 5.69 Å². The van der Waals surface area contributed by atoms with Gasteiger partial charge in [0.25, 0.3) is 5.91 Å². The number of hydrogen-bond acceptors (Lipinski definition) is 5. The van der Waals surface area contributed by atoms with Crippen molar-refractivity contribution in [3.63, 3.8) is 0 Å². The third kappa shape index (κ3) is 3.12. The van der Waals surface area contributed by atoms with E-state index in [1.54, 1.807) is 18.0 Å². The second-order valence-corrected chi connectivity index (χ2v) is 6.00. The molecular weight excluding hydrogens is 308 g/mol. The molecule has 24 heavy (non-hydrogen) atoms. The number of aryl methyl sites for hydroxylation is 1. The number of carbonyl (C=O) groups excluding carboxylic acids is 1. The molecule has 0 saturated heterocycles. The van der Waals surface area contributed by atoms with Crippen LogP contribution in [0.3, 0.4) is 0 Å². The maximum Gasteiger partial charge on any atom is 0.272 e. The molecule has 0 saturated carbocycles. The predicted molar refractivity (Wildman–Crippen MR) is 87.8 cm³/mol. The molecule has 0 unspecified atom stereocenters. The number of fused-ring (bicyclic) bond motifs is 1. The average Bonchev–Trinajstić information content (AvgIpc) is 2.90. The molecule has 1 aliphatic heterocycles. The molecule has 3 rings (SSSR count). The van der Waals surface area contributed by atoms with E-state index in [9.17, 15) is 4.79 Å². The predicted octanol–water partition coefficient (Wildman–Crippen LogP) is 1.78. The van der Waals surface area contributed by atoms with Crippen LogP contribution in [0.1, 0.15) is 47.4 Å². The third-order valence-corrected chi connectivity index (χ3v) is 4.19. The van der Waals surface area contributed by atoms with E-state index in [0.717, 1.165) is 17.0 Å². The molecule has 3 heterocycles. The van der Waals surface area contributed by atoms with E-state index >= 15 is 0 Å². The summed E-state index contributed by atoms with van der Waals surface area (Å²) in [6.45, 7) is 4.34. The first kappa shape index (κ1) is 16.4. The van der Waals surface area contributed by atoms with Crippen LogP contribution < -0.4 is 10.1 Å².